The van der Waals surface area contributed by atoms with E-state index in [4.69, 9.17) is 4.98 Å². The molecule has 2 aromatic heterocycles. The summed E-state index contributed by atoms with van der Waals surface area (Å²) in [7, 11) is 3.17. The average molecular weight is 353 g/mol. The van der Waals surface area contributed by atoms with Crippen LogP contribution < -0.4 is 16.1 Å². The largest absolute Gasteiger partial charge is 0.332 e. The molecule has 1 aromatic carbocycles. The Hall–Kier alpha value is -2.83. The van der Waals surface area contributed by atoms with Gasteiger partial charge in [-0.1, -0.05) is 13.0 Å². The van der Waals surface area contributed by atoms with Gasteiger partial charge >= 0.3 is 5.69 Å². The monoisotopic (exact) mass is 353 g/mol. The van der Waals surface area contributed by atoms with E-state index in [0.29, 0.717) is 23.6 Å². The third-order valence-corrected chi connectivity index (χ3v) is 5.36. The van der Waals surface area contributed by atoms with Gasteiger partial charge in [0, 0.05) is 32.9 Å². The lowest BCUT2D eigenvalue weighted by Gasteiger charge is -2.33. The summed E-state index contributed by atoms with van der Waals surface area (Å²) in [6.07, 6.45) is 0. The molecule has 1 aliphatic rings. The zero-order valence-corrected chi connectivity index (χ0v) is 15.8. The summed E-state index contributed by atoms with van der Waals surface area (Å²) in [5, 5.41) is 0. The van der Waals surface area contributed by atoms with E-state index in [9.17, 15) is 9.59 Å². The minimum atomic E-state index is -0.358. The predicted molar refractivity (Wildman–Crippen MR) is 102 cm³/mol. The van der Waals surface area contributed by atoms with E-state index >= 15 is 0 Å². The highest BCUT2D eigenvalue weighted by Gasteiger charge is 2.29. The van der Waals surface area contributed by atoms with Gasteiger partial charge in [-0.15, -0.1) is 0 Å². The first-order valence-corrected chi connectivity index (χ1v) is 8.80. The Morgan fingerprint density at radius 2 is 1.77 bits per heavy atom. The third kappa shape index (κ3) is 2.23. The molecule has 1 atom stereocenters. The van der Waals surface area contributed by atoms with E-state index in [-0.39, 0.29) is 11.2 Å². The highest BCUT2D eigenvalue weighted by atomic mass is 16.2. The van der Waals surface area contributed by atoms with Crippen LogP contribution in [-0.4, -0.2) is 25.2 Å². The zero-order valence-electron chi connectivity index (χ0n) is 15.8. The van der Waals surface area contributed by atoms with E-state index in [0.717, 1.165) is 22.7 Å². The molecular formula is C19H23N5O2. The molecular weight excluding hydrogens is 330 g/mol. The average Bonchev–Trinajstić information content (AvgIpc) is 2.99. The number of fused-ring (bicyclic) bond motifs is 3. The summed E-state index contributed by atoms with van der Waals surface area (Å²) in [5.41, 5.74) is 3.79. The fourth-order valence-corrected chi connectivity index (χ4v) is 3.69. The first-order chi connectivity index (χ1) is 12.3. The zero-order chi connectivity index (χ0) is 18.7. The molecule has 136 valence electrons. The molecule has 0 unspecified atom stereocenters. The second kappa shape index (κ2) is 5.59. The SMILES string of the molecule is Cc1ccc(N2C[C@H](C)Cn3c2nc2c3c(=O)n(C)c(=O)n2C)cc1C. The number of imidazole rings is 1. The molecule has 0 spiro atoms. The van der Waals surface area contributed by atoms with Crippen molar-refractivity contribution in [2.75, 3.05) is 11.4 Å². The summed E-state index contributed by atoms with van der Waals surface area (Å²) in [5.74, 6) is 1.07. The second-order valence-electron chi connectivity index (χ2n) is 7.38. The summed E-state index contributed by atoms with van der Waals surface area (Å²) >= 11 is 0. The van der Waals surface area contributed by atoms with Gasteiger partial charge < -0.3 is 9.47 Å². The molecule has 7 nitrogen and oxygen atoms in total. The molecule has 0 amide bonds. The van der Waals surface area contributed by atoms with Crippen molar-refractivity contribution >= 4 is 22.8 Å². The summed E-state index contributed by atoms with van der Waals surface area (Å²) in [4.78, 5) is 31.9. The van der Waals surface area contributed by atoms with Crippen LogP contribution in [-0.2, 0) is 20.6 Å². The van der Waals surface area contributed by atoms with Crippen molar-refractivity contribution in [2.45, 2.75) is 27.3 Å². The number of aryl methyl sites for hydroxylation is 3. The number of anilines is 2. The molecule has 0 saturated carbocycles. The van der Waals surface area contributed by atoms with E-state index in [1.165, 1.54) is 22.7 Å². The van der Waals surface area contributed by atoms with Gasteiger partial charge in [-0.05, 0) is 43.0 Å². The molecule has 1 aliphatic heterocycles. The maximum atomic E-state index is 12.8. The van der Waals surface area contributed by atoms with Gasteiger partial charge in [0.1, 0.15) is 0 Å². The Morgan fingerprint density at radius 3 is 2.46 bits per heavy atom. The standard InChI is InChI=1S/C19H23N5O2/c1-11-9-23(14-7-6-12(2)13(3)8-14)18-20-16-15(24(18)10-11)17(25)22(5)19(26)21(16)4/h6-8,11H,9-10H2,1-5H3/t11-/m0/s1. The van der Waals surface area contributed by atoms with E-state index in [2.05, 4.69) is 43.9 Å². The summed E-state index contributed by atoms with van der Waals surface area (Å²) in [6.45, 7) is 7.87. The maximum absolute atomic E-state index is 12.8. The Balaban J connectivity index is 2.03. The number of aromatic nitrogens is 4. The molecule has 7 heteroatoms. The Kier molecular flexibility index (Phi) is 3.57. The number of rotatable bonds is 1. The van der Waals surface area contributed by atoms with Crippen LogP contribution in [0.4, 0.5) is 11.6 Å². The molecule has 3 aromatic rings. The van der Waals surface area contributed by atoms with Crippen molar-refractivity contribution in [1.82, 2.24) is 18.7 Å². The van der Waals surface area contributed by atoms with Crippen LogP contribution in [0.3, 0.4) is 0 Å². The van der Waals surface area contributed by atoms with Gasteiger partial charge in [0.05, 0.1) is 0 Å². The molecule has 0 saturated heterocycles. The van der Waals surface area contributed by atoms with Crippen molar-refractivity contribution in [3.63, 3.8) is 0 Å². The molecule has 0 radical (unpaired) electrons. The minimum absolute atomic E-state index is 0.295. The van der Waals surface area contributed by atoms with E-state index in [1.807, 2.05) is 4.57 Å². The maximum Gasteiger partial charge on any atom is 0.332 e. The van der Waals surface area contributed by atoms with Crippen LogP contribution in [0.1, 0.15) is 18.1 Å². The first kappa shape index (κ1) is 16.6. The Bertz CT molecular complexity index is 1150. The van der Waals surface area contributed by atoms with Crippen molar-refractivity contribution in [1.29, 1.82) is 0 Å². The number of benzene rings is 1. The molecule has 0 N–H and O–H groups in total. The molecule has 26 heavy (non-hydrogen) atoms. The quantitative estimate of drug-likeness (QED) is 0.670. The second-order valence-corrected chi connectivity index (χ2v) is 7.38. The van der Waals surface area contributed by atoms with E-state index in [1.54, 1.807) is 7.05 Å². The molecule has 4 rings (SSSR count). The fraction of sp³-hybridized carbons (Fsp3) is 0.421. The van der Waals surface area contributed by atoms with Crippen molar-refractivity contribution in [2.24, 2.45) is 20.0 Å². The minimum Gasteiger partial charge on any atom is -0.312 e. The lowest BCUT2D eigenvalue weighted by molar-refractivity contribution is 0.458. The van der Waals surface area contributed by atoms with Gasteiger partial charge in [-0.25, -0.2) is 4.79 Å². The highest BCUT2D eigenvalue weighted by molar-refractivity contribution is 5.77. The molecule has 0 aliphatic carbocycles. The van der Waals surface area contributed by atoms with Gasteiger partial charge in [0.2, 0.25) is 5.95 Å². The topological polar surface area (TPSA) is 65.1 Å². The lowest BCUT2D eigenvalue weighted by Crippen LogP contribution is -2.38. The van der Waals surface area contributed by atoms with Crippen LogP contribution in [0.15, 0.2) is 27.8 Å². The van der Waals surface area contributed by atoms with Crippen LogP contribution in [0.5, 0.6) is 0 Å². The first-order valence-electron chi connectivity index (χ1n) is 8.80. The Labute approximate surface area is 151 Å². The smallest absolute Gasteiger partial charge is 0.312 e. The fourth-order valence-electron chi connectivity index (χ4n) is 3.69. The van der Waals surface area contributed by atoms with Crippen molar-refractivity contribution in [3.05, 3.63) is 50.2 Å². The van der Waals surface area contributed by atoms with E-state index < -0.39 is 0 Å². The van der Waals surface area contributed by atoms with Crippen LogP contribution in [0.2, 0.25) is 0 Å². The summed E-state index contributed by atoms with van der Waals surface area (Å²) < 4.78 is 4.56. The number of nitrogens with zero attached hydrogens (tertiary/aromatic N) is 5. The number of hydrogen-bond acceptors (Lipinski definition) is 4. The predicted octanol–water partition coefficient (Wildman–Crippen LogP) is 1.84. The van der Waals surface area contributed by atoms with Crippen molar-refractivity contribution < 1.29 is 0 Å². The van der Waals surface area contributed by atoms with Gasteiger partial charge in [0.15, 0.2) is 11.2 Å². The van der Waals surface area contributed by atoms with Crippen LogP contribution in [0, 0.1) is 19.8 Å². The van der Waals surface area contributed by atoms with Crippen LogP contribution in [0.25, 0.3) is 11.2 Å². The van der Waals surface area contributed by atoms with Gasteiger partial charge in [-0.3, -0.25) is 13.9 Å². The van der Waals surface area contributed by atoms with Crippen LogP contribution >= 0.6 is 0 Å². The van der Waals surface area contributed by atoms with Gasteiger partial charge in [0.25, 0.3) is 5.56 Å². The molecule has 0 fully saturated rings. The lowest BCUT2D eigenvalue weighted by atomic mass is 10.1. The summed E-state index contributed by atoms with van der Waals surface area (Å²) in [6, 6.07) is 6.33. The molecule has 3 heterocycles. The normalized spacial score (nSPS) is 17.0. The molecule has 0 bridgehead atoms. The third-order valence-electron chi connectivity index (χ3n) is 5.36. The van der Waals surface area contributed by atoms with Gasteiger partial charge in [-0.2, -0.15) is 4.98 Å². The van der Waals surface area contributed by atoms with Crippen molar-refractivity contribution in [3.8, 4) is 0 Å². The Morgan fingerprint density at radius 1 is 1.04 bits per heavy atom. The number of hydrogen-bond donors (Lipinski definition) is 0. The highest BCUT2D eigenvalue weighted by Crippen LogP contribution is 2.33.